The van der Waals surface area contributed by atoms with E-state index in [1.54, 1.807) is 11.9 Å². The maximum absolute atomic E-state index is 12.3. The van der Waals surface area contributed by atoms with Crippen LogP contribution in [0.15, 0.2) is 40.9 Å². The minimum absolute atomic E-state index is 0.149. The van der Waals surface area contributed by atoms with E-state index in [9.17, 15) is 4.79 Å². The Morgan fingerprint density at radius 1 is 1.35 bits per heavy atom. The minimum Gasteiger partial charge on any atom is -0.384 e. The van der Waals surface area contributed by atoms with Crippen LogP contribution in [0.2, 0.25) is 5.15 Å². The third-order valence-electron chi connectivity index (χ3n) is 2.74. The summed E-state index contributed by atoms with van der Waals surface area (Å²) >= 11 is 9.19. The zero-order valence-electron chi connectivity index (χ0n) is 10.8. The molecular formula is C14H13BrClN3O. The Morgan fingerprint density at radius 3 is 2.60 bits per heavy atom. The highest BCUT2D eigenvalue weighted by Gasteiger charge is 2.13. The highest BCUT2D eigenvalue weighted by atomic mass is 79.9. The lowest BCUT2D eigenvalue weighted by atomic mass is 10.2. The van der Waals surface area contributed by atoms with Crippen LogP contribution in [0.25, 0.3) is 0 Å². The van der Waals surface area contributed by atoms with Gasteiger partial charge < -0.3 is 10.6 Å². The molecule has 0 atom stereocenters. The lowest BCUT2D eigenvalue weighted by Crippen LogP contribution is -2.26. The first-order valence-electron chi connectivity index (χ1n) is 5.88. The number of nitrogens with two attached hydrogens (primary N) is 1. The van der Waals surface area contributed by atoms with E-state index >= 15 is 0 Å². The van der Waals surface area contributed by atoms with Crippen molar-refractivity contribution in [3.05, 3.63) is 57.2 Å². The van der Waals surface area contributed by atoms with Gasteiger partial charge in [-0.2, -0.15) is 0 Å². The number of amides is 1. The number of aromatic nitrogens is 1. The van der Waals surface area contributed by atoms with Gasteiger partial charge >= 0.3 is 0 Å². The van der Waals surface area contributed by atoms with Gasteiger partial charge in [-0.05, 0) is 29.8 Å². The molecule has 1 aromatic heterocycles. The van der Waals surface area contributed by atoms with Gasteiger partial charge in [-0.1, -0.05) is 39.7 Å². The topological polar surface area (TPSA) is 59.2 Å². The van der Waals surface area contributed by atoms with Gasteiger partial charge in [-0.3, -0.25) is 4.79 Å². The lowest BCUT2D eigenvalue weighted by molar-refractivity contribution is 0.0785. The Labute approximate surface area is 130 Å². The summed E-state index contributed by atoms with van der Waals surface area (Å²) in [6.07, 6.45) is 0. The third kappa shape index (κ3) is 3.71. The molecule has 0 bridgehead atoms. The van der Waals surface area contributed by atoms with Crippen LogP contribution in [0, 0.1) is 0 Å². The monoisotopic (exact) mass is 353 g/mol. The van der Waals surface area contributed by atoms with Crippen molar-refractivity contribution in [2.45, 2.75) is 6.54 Å². The molecule has 0 saturated carbocycles. The van der Waals surface area contributed by atoms with Crippen molar-refractivity contribution in [1.29, 1.82) is 0 Å². The molecule has 20 heavy (non-hydrogen) atoms. The second-order valence-electron chi connectivity index (χ2n) is 4.39. The second kappa shape index (κ2) is 6.24. The van der Waals surface area contributed by atoms with E-state index in [-0.39, 0.29) is 16.9 Å². The summed E-state index contributed by atoms with van der Waals surface area (Å²) in [5.41, 5.74) is 7.07. The van der Waals surface area contributed by atoms with Gasteiger partial charge in [0, 0.05) is 23.6 Å². The van der Waals surface area contributed by atoms with Crippen LogP contribution in [0.1, 0.15) is 15.9 Å². The Hall–Kier alpha value is -1.59. The van der Waals surface area contributed by atoms with Crippen molar-refractivity contribution in [2.24, 2.45) is 0 Å². The number of hydrogen-bond donors (Lipinski definition) is 1. The summed E-state index contributed by atoms with van der Waals surface area (Å²) in [5.74, 6) is 0.0850. The Balaban J connectivity index is 2.14. The molecule has 0 fully saturated rings. The van der Waals surface area contributed by atoms with Crippen molar-refractivity contribution < 1.29 is 4.79 Å². The quantitative estimate of drug-likeness (QED) is 0.860. The van der Waals surface area contributed by atoms with E-state index in [1.165, 1.54) is 12.1 Å². The predicted molar refractivity (Wildman–Crippen MR) is 83.6 cm³/mol. The van der Waals surface area contributed by atoms with Crippen LogP contribution < -0.4 is 5.73 Å². The van der Waals surface area contributed by atoms with E-state index in [2.05, 4.69) is 20.9 Å². The van der Waals surface area contributed by atoms with Crippen molar-refractivity contribution in [2.75, 3.05) is 12.8 Å². The summed E-state index contributed by atoms with van der Waals surface area (Å²) in [7, 11) is 1.73. The van der Waals surface area contributed by atoms with E-state index in [0.717, 1.165) is 10.0 Å². The first-order valence-corrected chi connectivity index (χ1v) is 7.06. The summed E-state index contributed by atoms with van der Waals surface area (Å²) < 4.78 is 1.00. The number of carbonyl (C=O) groups is 1. The number of benzene rings is 1. The van der Waals surface area contributed by atoms with Crippen LogP contribution >= 0.6 is 27.5 Å². The molecule has 0 unspecified atom stereocenters. The van der Waals surface area contributed by atoms with Gasteiger partial charge in [0.2, 0.25) is 0 Å². The molecule has 4 nitrogen and oxygen atoms in total. The molecule has 2 N–H and O–H groups in total. The molecule has 104 valence electrons. The number of hydrogen-bond acceptors (Lipinski definition) is 3. The van der Waals surface area contributed by atoms with E-state index in [4.69, 9.17) is 17.3 Å². The maximum Gasteiger partial charge on any atom is 0.254 e. The van der Waals surface area contributed by atoms with Crippen molar-refractivity contribution >= 4 is 39.3 Å². The van der Waals surface area contributed by atoms with Crippen LogP contribution in [0.4, 0.5) is 5.82 Å². The molecule has 6 heteroatoms. The molecule has 0 spiro atoms. The average Bonchev–Trinajstić information content (AvgIpc) is 2.39. The molecule has 0 aliphatic carbocycles. The molecule has 2 aromatic rings. The number of nitrogens with zero attached hydrogens (tertiary/aromatic N) is 2. The van der Waals surface area contributed by atoms with Gasteiger partial charge in [-0.15, -0.1) is 0 Å². The molecule has 0 aliphatic rings. The SMILES string of the molecule is CN(Cc1ccc(Br)cc1)C(=O)c1cc(N)nc(Cl)c1. The fraction of sp³-hybridized carbons (Fsp3) is 0.143. The zero-order valence-corrected chi connectivity index (χ0v) is 13.1. The van der Waals surface area contributed by atoms with E-state index in [0.29, 0.717) is 12.1 Å². The molecule has 1 amide bonds. The van der Waals surface area contributed by atoms with Gasteiger partial charge in [-0.25, -0.2) is 4.98 Å². The summed E-state index contributed by atoms with van der Waals surface area (Å²) in [6.45, 7) is 0.506. The van der Waals surface area contributed by atoms with Crippen molar-refractivity contribution in [3.63, 3.8) is 0 Å². The van der Waals surface area contributed by atoms with Gasteiger partial charge in [0.15, 0.2) is 0 Å². The smallest absolute Gasteiger partial charge is 0.254 e. The predicted octanol–water partition coefficient (Wildman–Crippen LogP) is 3.35. The number of nitrogen functional groups attached to an aromatic ring is 1. The van der Waals surface area contributed by atoms with Crippen LogP contribution in [0.5, 0.6) is 0 Å². The molecule has 0 radical (unpaired) electrons. The van der Waals surface area contributed by atoms with Gasteiger partial charge in [0.1, 0.15) is 11.0 Å². The molecular weight excluding hydrogens is 342 g/mol. The number of carbonyl (C=O) groups excluding carboxylic acids is 1. The Kier molecular flexibility index (Phi) is 4.62. The molecule has 1 aromatic carbocycles. The molecule has 1 heterocycles. The summed E-state index contributed by atoms with van der Waals surface area (Å²) in [4.78, 5) is 17.7. The van der Waals surface area contributed by atoms with Gasteiger partial charge in [0.05, 0.1) is 0 Å². The second-order valence-corrected chi connectivity index (χ2v) is 5.69. The largest absolute Gasteiger partial charge is 0.384 e. The first kappa shape index (κ1) is 14.8. The summed E-state index contributed by atoms with van der Waals surface area (Å²) in [6, 6.07) is 10.8. The third-order valence-corrected chi connectivity index (χ3v) is 3.46. The minimum atomic E-state index is -0.149. The number of halogens is 2. The average molecular weight is 355 g/mol. The van der Waals surface area contributed by atoms with Crippen LogP contribution in [-0.2, 0) is 6.54 Å². The standard InChI is InChI=1S/C14H13BrClN3O/c1-19(8-9-2-4-11(15)5-3-9)14(20)10-6-12(16)18-13(17)7-10/h2-7H,8H2,1H3,(H2,17,18). The van der Waals surface area contributed by atoms with Crippen LogP contribution in [-0.4, -0.2) is 22.8 Å². The molecule has 0 aliphatic heterocycles. The van der Waals surface area contributed by atoms with Crippen LogP contribution in [0.3, 0.4) is 0 Å². The van der Waals surface area contributed by atoms with Crippen molar-refractivity contribution in [1.82, 2.24) is 9.88 Å². The Bertz CT molecular complexity index is 611. The first-order chi connectivity index (χ1) is 9.45. The molecule has 0 saturated heterocycles. The Morgan fingerprint density at radius 2 is 2.00 bits per heavy atom. The van der Waals surface area contributed by atoms with Crippen molar-refractivity contribution in [3.8, 4) is 0 Å². The van der Waals surface area contributed by atoms with Gasteiger partial charge in [0.25, 0.3) is 5.91 Å². The number of pyridine rings is 1. The fourth-order valence-electron chi connectivity index (χ4n) is 1.80. The van der Waals surface area contributed by atoms with E-state index in [1.807, 2.05) is 24.3 Å². The highest BCUT2D eigenvalue weighted by Crippen LogP contribution is 2.16. The maximum atomic E-state index is 12.3. The number of rotatable bonds is 3. The molecule has 2 rings (SSSR count). The summed E-state index contributed by atoms with van der Waals surface area (Å²) in [5, 5.41) is 0.213. The zero-order chi connectivity index (χ0) is 14.7. The normalized spacial score (nSPS) is 10.3. The highest BCUT2D eigenvalue weighted by molar-refractivity contribution is 9.10. The fourth-order valence-corrected chi connectivity index (χ4v) is 2.28. The lowest BCUT2D eigenvalue weighted by Gasteiger charge is -2.17. The van der Waals surface area contributed by atoms with E-state index < -0.39 is 0 Å². The number of anilines is 1.